The van der Waals surface area contributed by atoms with Gasteiger partial charge in [0.15, 0.2) is 17.5 Å². The fourth-order valence-electron chi connectivity index (χ4n) is 3.18. The summed E-state index contributed by atoms with van der Waals surface area (Å²) < 4.78 is 11.0. The summed E-state index contributed by atoms with van der Waals surface area (Å²) in [5.41, 5.74) is 2.93. The van der Waals surface area contributed by atoms with Crippen molar-refractivity contribution >= 4 is 35.8 Å². The Balaban J connectivity index is 0.00000544. The third kappa shape index (κ3) is 9.89. The third-order valence-electron chi connectivity index (χ3n) is 4.78. The number of hydrogen-bond donors (Lipinski definition) is 3. The summed E-state index contributed by atoms with van der Waals surface area (Å²) in [6.07, 6.45) is 1.89. The minimum Gasteiger partial charge on any atom is -0.493 e. The molecule has 0 aliphatic carbocycles. The van der Waals surface area contributed by atoms with Crippen LogP contribution >= 0.6 is 24.0 Å². The number of methoxy groups -OCH3 is 1. The zero-order valence-corrected chi connectivity index (χ0v) is 22.4. The van der Waals surface area contributed by atoms with Crippen molar-refractivity contribution in [1.29, 1.82) is 0 Å². The van der Waals surface area contributed by atoms with Crippen LogP contribution in [0.15, 0.2) is 47.5 Å². The number of hydrogen-bond acceptors (Lipinski definition) is 4. The van der Waals surface area contributed by atoms with Crippen molar-refractivity contribution in [2.75, 3.05) is 33.4 Å². The molecule has 0 bridgehead atoms. The minimum absolute atomic E-state index is 0. The van der Waals surface area contributed by atoms with Gasteiger partial charge in [0.05, 0.1) is 20.3 Å². The number of benzene rings is 2. The van der Waals surface area contributed by atoms with E-state index in [0.29, 0.717) is 25.3 Å². The number of nitrogens with one attached hydrogen (secondary N) is 3. The van der Waals surface area contributed by atoms with E-state index in [1.54, 1.807) is 7.11 Å². The molecular weight excluding hydrogens is 531 g/mol. The normalized spacial score (nSPS) is 10.7. The van der Waals surface area contributed by atoms with Gasteiger partial charge < -0.3 is 25.4 Å². The number of amides is 1. The lowest BCUT2D eigenvalue weighted by atomic mass is 10.1. The molecule has 0 saturated carbocycles. The SMILES string of the molecule is CCNC(=O)c1ccc(CN=C(NCC)NCCCc2ccc(OC)c(OCC)c2)cc1.I. The first-order valence-electron chi connectivity index (χ1n) is 11.3. The van der Waals surface area contributed by atoms with E-state index in [1.807, 2.05) is 57.2 Å². The Morgan fingerprint density at radius 2 is 1.61 bits per heavy atom. The van der Waals surface area contributed by atoms with Gasteiger partial charge in [-0.15, -0.1) is 24.0 Å². The van der Waals surface area contributed by atoms with Crippen molar-refractivity contribution in [1.82, 2.24) is 16.0 Å². The maximum absolute atomic E-state index is 11.9. The molecule has 182 valence electrons. The Morgan fingerprint density at radius 1 is 0.909 bits per heavy atom. The molecule has 33 heavy (non-hydrogen) atoms. The van der Waals surface area contributed by atoms with Gasteiger partial charge in [-0.2, -0.15) is 0 Å². The molecule has 7 nitrogen and oxygen atoms in total. The Morgan fingerprint density at radius 3 is 2.24 bits per heavy atom. The Bertz CT molecular complexity index is 872. The van der Waals surface area contributed by atoms with Crippen LogP contribution < -0.4 is 25.4 Å². The largest absolute Gasteiger partial charge is 0.493 e. The van der Waals surface area contributed by atoms with Gasteiger partial charge in [0.2, 0.25) is 0 Å². The molecule has 0 radical (unpaired) electrons. The molecule has 0 saturated heterocycles. The molecule has 0 heterocycles. The maximum Gasteiger partial charge on any atom is 0.251 e. The van der Waals surface area contributed by atoms with Crippen molar-refractivity contribution in [3.05, 3.63) is 59.2 Å². The zero-order chi connectivity index (χ0) is 23.2. The number of carbonyl (C=O) groups is 1. The van der Waals surface area contributed by atoms with Crippen molar-refractivity contribution < 1.29 is 14.3 Å². The second-order valence-corrected chi connectivity index (χ2v) is 7.20. The van der Waals surface area contributed by atoms with Gasteiger partial charge in [-0.25, -0.2) is 4.99 Å². The lowest BCUT2D eigenvalue weighted by Crippen LogP contribution is -2.37. The molecule has 2 aromatic carbocycles. The van der Waals surface area contributed by atoms with Crippen LogP contribution in [0.5, 0.6) is 11.5 Å². The number of ether oxygens (including phenoxy) is 2. The summed E-state index contributed by atoms with van der Waals surface area (Å²) in [5, 5.41) is 9.47. The molecule has 2 aromatic rings. The molecule has 0 aliphatic heterocycles. The molecule has 8 heteroatoms. The van der Waals surface area contributed by atoms with Crippen molar-refractivity contribution in [3.8, 4) is 11.5 Å². The first-order chi connectivity index (χ1) is 15.6. The van der Waals surface area contributed by atoms with Crippen molar-refractivity contribution in [2.45, 2.75) is 40.2 Å². The highest BCUT2D eigenvalue weighted by Gasteiger charge is 2.06. The van der Waals surface area contributed by atoms with Crippen LogP contribution in [-0.4, -0.2) is 45.2 Å². The fourth-order valence-corrected chi connectivity index (χ4v) is 3.18. The lowest BCUT2D eigenvalue weighted by molar-refractivity contribution is 0.0956. The van der Waals surface area contributed by atoms with Gasteiger partial charge >= 0.3 is 0 Å². The molecule has 3 N–H and O–H groups in total. The average Bonchev–Trinajstić information content (AvgIpc) is 2.81. The van der Waals surface area contributed by atoms with Gasteiger partial charge in [0.1, 0.15) is 0 Å². The summed E-state index contributed by atoms with van der Waals surface area (Å²) in [6.45, 7) is 9.29. The monoisotopic (exact) mass is 568 g/mol. The molecule has 1 amide bonds. The molecule has 0 unspecified atom stereocenters. The Kier molecular flexibility index (Phi) is 14.0. The summed E-state index contributed by atoms with van der Waals surface area (Å²) >= 11 is 0. The maximum atomic E-state index is 11.9. The van der Waals surface area contributed by atoms with E-state index in [0.717, 1.165) is 49.0 Å². The molecule has 0 atom stereocenters. The second-order valence-electron chi connectivity index (χ2n) is 7.20. The van der Waals surface area contributed by atoms with Crippen LogP contribution in [0.2, 0.25) is 0 Å². The topological polar surface area (TPSA) is 84.0 Å². The first-order valence-corrected chi connectivity index (χ1v) is 11.3. The predicted octanol–water partition coefficient (Wildman–Crippen LogP) is 4.15. The number of guanidine groups is 1. The number of aryl methyl sites for hydroxylation is 1. The standard InChI is InChI=1S/C25H36N4O3.HI/c1-5-26-24(30)21-13-10-20(11-14-21)18-29-25(27-6-2)28-16-8-9-19-12-15-22(31-4)23(17-19)32-7-3;/h10-15,17H,5-9,16,18H2,1-4H3,(H,26,30)(H2,27,28,29);1H. The van der Waals surface area contributed by atoms with Gasteiger partial charge in [-0.05, 0) is 69.0 Å². The molecule has 0 spiro atoms. The lowest BCUT2D eigenvalue weighted by Gasteiger charge is -2.13. The van der Waals surface area contributed by atoms with E-state index >= 15 is 0 Å². The van der Waals surface area contributed by atoms with Crippen LogP contribution in [0.3, 0.4) is 0 Å². The number of nitrogens with zero attached hydrogens (tertiary/aromatic N) is 1. The highest BCUT2D eigenvalue weighted by atomic mass is 127. The van der Waals surface area contributed by atoms with Crippen molar-refractivity contribution in [3.63, 3.8) is 0 Å². The van der Waals surface area contributed by atoms with E-state index in [2.05, 4.69) is 27.0 Å². The highest BCUT2D eigenvalue weighted by Crippen LogP contribution is 2.28. The van der Waals surface area contributed by atoms with Gasteiger partial charge in [0.25, 0.3) is 5.91 Å². The summed E-state index contributed by atoms with van der Waals surface area (Å²) in [6, 6.07) is 13.6. The van der Waals surface area contributed by atoms with Gasteiger partial charge in [-0.1, -0.05) is 18.2 Å². The quantitative estimate of drug-likeness (QED) is 0.155. The van der Waals surface area contributed by atoms with Crippen LogP contribution in [0.1, 0.15) is 48.7 Å². The molecule has 0 aromatic heterocycles. The molecular formula is C25H37IN4O3. The van der Waals surface area contributed by atoms with E-state index in [4.69, 9.17) is 9.47 Å². The van der Waals surface area contributed by atoms with Crippen LogP contribution in [-0.2, 0) is 13.0 Å². The number of rotatable bonds is 12. The molecule has 2 rings (SSSR count). The van der Waals surface area contributed by atoms with Crippen LogP contribution in [0, 0.1) is 0 Å². The minimum atomic E-state index is -0.0530. The van der Waals surface area contributed by atoms with E-state index < -0.39 is 0 Å². The Hall–Kier alpha value is -2.49. The zero-order valence-electron chi connectivity index (χ0n) is 20.1. The Labute approximate surface area is 214 Å². The van der Waals surface area contributed by atoms with Gasteiger partial charge in [0, 0.05) is 25.2 Å². The van der Waals surface area contributed by atoms with Crippen LogP contribution in [0.25, 0.3) is 0 Å². The predicted molar refractivity (Wildman–Crippen MR) is 145 cm³/mol. The summed E-state index contributed by atoms with van der Waals surface area (Å²) in [7, 11) is 1.65. The highest BCUT2D eigenvalue weighted by molar-refractivity contribution is 14.0. The van der Waals surface area contributed by atoms with E-state index in [9.17, 15) is 4.79 Å². The smallest absolute Gasteiger partial charge is 0.251 e. The molecule has 0 aliphatic rings. The summed E-state index contributed by atoms with van der Waals surface area (Å²) in [4.78, 5) is 16.5. The van der Waals surface area contributed by atoms with Crippen molar-refractivity contribution in [2.24, 2.45) is 4.99 Å². The van der Waals surface area contributed by atoms with Gasteiger partial charge in [-0.3, -0.25) is 4.79 Å². The van der Waals surface area contributed by atoms with E-state index in [-0.39, 0.29) is 29.9 Å². The van der Waals surface area contributed by atoms with E-state index in [1.165, 1.54) is 5.56 Å². The molecule has 0 fully saturated rings. The average molecular weight is 569 g/mol. The van der Waals surface area contributed by atoms with Crippen LogP contribution in [0.4, 0.5) is 0 Å². The second kappa shape index (κ2) is 16.2. The number of aliphatic imine (C=N–C) groups is 1. The number of carbonyl (C=O) groups excluding carboxylic acids is 1. The first kappa shape index (κ1) is 28.5. The summed E-state index contributed by atoms with van der Waals surface area (Å²) in [5.74, 6) is 2.27. The number of halogens is 1. The fraction of sp³-hybridized carbons (Fsp3) is 0.440. The third-order valence-corrected chi connectivity index (χ3v) is 4.78.